The SMILES string of the molecule is O=S(=O)(/C=C/c1ccccc1)NCC(c1ccsc1)c1ccco1. The van der Waals surface area contributed by atoms with Gasteiger partial charge in [0.1, 0.15) is 5.76 Å². The van der Waals surface area contributed by atoms with Crippen LogP contribution in [-0.2, 0) is 10.0 Å². The van der Waals surface area contributed by atoms with Crippen LogP contribution in [0.15, 0.2) is 75.4 Å². The van der Waals surface area contributed by atoms with Crippen molar-refractivity contribution in [1.82, 2.24) is 4.72 Å². The second-order valence-corrected chi connectivity index (χ2v) is 7.66. The Morgan fingerprint density at radius 3 is 2.62 bits per heavy atom. The zero-order chi connectivity index (χ0) is 16.8. The molecule has 2 aromatic heterocycles. The molecule has 6 heteroatoms. The molecule has 3 rings (SSSR count). The van der Waals surface area contributed by atoms with Gasteiger partial charge in [0.05, 0.1) is 12.2 Å². The maximum absolute atomic E-state index is 12.2. The van der Waals surface area contributed by atoms with Gasteiger partial charge in [-0.2, -0.15) is 11.3 Å². The van der Waals surface area contributed by atoms with Crippen LogP contribution in [0, 0.1) is 0 Å². The number of sulfonamides is 1. The third kappa shape index (κ3) is 4.44. The Hall–Kier alpha value is -2.15. The molecule has 0 fully saturated rings. The molecular weight excluding hydrogens is 342 g/mol. The molecule has 1 N–H and O–H groups in total. The van der Waals surface area contributed by atoms with E-state index in [1.807, 2.05) is 53.2 Å². The lowest BCUT2D eigenvalue weighted by molar-refractivity contribution is 0.482. The van der Waals surface area contributed by atoms with Crippen molar-refractivity contribution in [2.45, 2.75) is 5.92 Å². The second-order valence-electron chi connectivity index (χ2n) is 5.23. The van der Waals surface area contributed by atoms with Crippen LogP contribution < -0.4 is 4.72 Å². The van der Waals surface area contributed by atoms with E-state index in [0.717, 1.165) is 16.9 Å². The van der Waals surface area contributed by atoms with E-state index < -0.39 is 10.0 Å². The largest absolute Gasteiger partial charge is 0.469 e. The molecule has 2 heterocycles. The van der Waals surface area contributed by atoms with Gasteiger partial charge < -0.3 is 4.42 Å². The average molecular weight is 359 g/mol. The van der Waals surface area contributed by atoms with Crippen LogP contribution >= 0.6 is 11.3 Å². The fourth-order valence-corrected chi connectivity index (χ4v) is 3.87. The Balaban J connectivity index is 1.71. The Kier molecular flexibility index (Phi) is 5.30. The zero-order valence-corrected chi connectivity index (χ0v) is 14.5. The molecule has 0 radical (unpaired) electrons. The highest BCUT2D eigenvalue weighted by Gasteiger charge is 2.19. The first-order chi connectivity index (χ1) is 11.6. The third-order valence-corrected chi connectivity index (χ3v) is 5.32. The molecule has 3 aromatic rings. The van der Waals surface area contributed by atoms with Gasteiger partial charge in [-0.1, -0.05) is 30.3 Å². The molecule has 0 spiro atoms. The lowest BCUT2D eigenvalue weighted by atomic mass is 10.00. The van der Waals surface area contributed by atoms with Crippen molar-refractivity contribution < 1.29 is 12.8 Å². The number of thiophene rings is 1. The minimum absolute atomic E-state index is 0.147. The van der Waals surface area contributed by atoms with Crippen molar-refractivity contribution in [3.05, 3.63) is 87.8 Å². The molecule has 1 atom stereocenters. The van der Waals surface area contributed by atoms with Gasteiger partial charge in [-0.15, -0.1) is 0 Å². The number of benzene rings is 1. The minimum Gasteiger partial charge on any atom is -0.469 e. The fourth-order valence-electron chi connectivity index (χ4n) is 2.33. The van der Waals surface area contributed by atoms with Crippen LogP contribution in [-0.4, -0.2) is 15.0 Å². The highest BCUT2D eigenvalue weighted by atomic mass is 32.2. The number of hydrogen-bond donors (Lipinski definition) is 1. The maximum atomic E-state index is 12.2. The molecule has 24 heavy (non-hydrogen) atoms. The lowest BCUT2D eigenvalue weighted by Crippen LogP contribution is -2.27. The van der Waals surface area contributed by atoms with Crippen molar-refractivity contribution >= 4 is 27.4 Å². The van der Waals surface area contributed by atoms with E-state index in [-0.39, 0.29) is 12.5 Å². The molecular formula is C18H17NO3S2. The van der Waals surface area contributed by atoms with Gasteiger partial charge in [-0.05, 0) is 46.2 Å². The molecule has 0 bridgehead atoms. The summed E-state index contributed by atoms with van der Waals surface area (Å²) in [6, 6.07) is 15.0. The van der Waals surface area contributed by atoms with Crippen LogP contribution in [0.2, 0.25) is 0 Å². The van der Waals surface area contributed by atoms with Gasteiger partial charge in [0.2, 0.25) is 10.0 Å². The van der Waals surface area contributed by atoms with Crippen molar-refractivity contribution in [2.24, 2.45) is 0 Å². The normalized spacial score (nSPS) is 13.3. The summed E-state index contributed by atoms with van der Waals surface area (Å²) in [5.41, 5.74) is 1.87. The van der Waals surface area contributed by atoms with Crippen molar-refractivity contribution in [1.29, 1.82) is 0 Å². The first-order valence-corrected chi connectivity index (χ1v) is 9.91. The van der Waals surface area contributed by atoms with Crippen LogP contribution in [0.3, 0.4) is 0 Å². The van der Waals surface area contributed by atoms with E-state index in [4.69, 9.17) is 4.42 Å². The first-order valence-electron chi connectivity index (χ1n) is 7.42. The fraction of sp³-hybridized carbons (Fsp3) is 0.111. The zero-order valence-electron chi connectivity index (χ0n) is 12.8. The number of furan rings is 1. The van der Waals surface area contributed by atoms with E-state index in [1.54, 1.807) is 29.7 Å². The molecule has 4 nitrogen and oxygen atoms in total. The summed E-state index contributed by atoms with van der Waals surface area (Å²) >= 11 is 1.57. The van der Waals surface area contributed by atoms with Crippen LogP contribution in [0.25, 0.3) is 6.08 Å². The summed E-state index contributed by atoms with van der Waals surface area (Å²) in [5.74, 6) is 0.592. The lowest BCUT2D eigenvalue weighted by Gasteiger charge is -2.13. The highest BCUT2D eigenvalue weighted by molar-refractivity contribution is 7.92. The molecule has 0 aliphatic rings. The van der Waals surface area contributed by atoms with E-state index in [2.05, 4.69) is 4.72 Å². The minimum atomic E-state index is -3.53. The van der Waals surface area contributed by atoms with Gasteiger partial charge in [0.15, 0.2) is 0 Å². The molecule has 124 valence electrons. The highest BCUT2D eigenvalue weighted by Crippen LogP contribution is 2.26. The van der Waals surface area contributed by atoms with E-state index in [1.165, 1.54) is 5.41 Å². The van der Waals surface area contributed by atoms with Crippen LogP contribution in [0.5, 0.6) is 0 Å². The van der Waals surface area contributed by atoms with Gasteiger partial charge in [0.25, 0.3) is 0 Å². The molecule has 0 aliphatic heterocycles. The predicted molar refractivity (Wildman–Crippen MR) is 97.3 cm³/mol. The van der Waals surface area contributed by atoms with Crippen molar-refractivity contribution in [2.75, 3.05) is 6.54 Å². The van der Waals surface area contributed by atoms with Crippen molar-refractivity contribution in [3.8, 4) is 0 Å². The Morgan fingerprint density at radius 2 is 1.96 bits per heavy atom. The van der Waals surface area contributed by atoms with Crippen LogP contribution in [0.1, 0.15) is 22.8 Å². The average Bonchev–Trinajstić information content (AvgIpc) is 3.28. The molecule has 0 saturated heterocycles. The first kappa shape index (κ1) is 16.7. The monoisotopic (exact) mass is 359 g/mol. The summed E-state index contributed by atoms with van der Waals surface area (Å²) in [7, 11) is -3.53. The number of nitrogens with one attached hydrogen (secondary N) is 1. The van der Waals surface area contributed by atoms with Crippen molar-refractivity contribution in [3.63, 3.8) is 0 Å². The van der Waals surface area contributed by atoms with E-state index >= 15 is 0 Å². The summed E-state index contributed by atoms with van der Waals surface area (Å²) in [4.78, 5) is 0. The quantitative estimate of drug-likeness (QED) is 0.692. The molecule has 0 amide bonds. The summed E-state index contributed by atoms with van der Waals surface area (Å²) < 4.78 is 32.5. The number of hydrogen-bond acceptors (Lipinski definition) is 4. The maximum Gasteiger partial charge on any atom is 0.233 e. The third-order valence-electron chi connectivity index (χ3n) is 3.56. The molecule has 0 saturated carbocycles. The Bertz CT molecular complexity index is 834. The molecule has 0 aliphatic carbocycles. The van der Waals surface area contributed by atoms with E-state index in [0.29, 0.717) is 0 Å². The summed E-state index contributed by atoms with van der Waals surface area (Å²) in [6.07, 6.45) is 3.17. The smallest absolute Gasteiger partial charge is 0.233 e. The van der Waals surface area contributed by atoms with Crippen LogP contribution in [0.4, 0.5) is 0 Å². The van der Waals surface area contributed by atoms with Gasteiger partial charge in [-0.3, -0.25) is 0 Å². The molecule has 1 aromatic carbocycles. The standard InChI is InChI=1S/C18H17NO3S2/c20-24(21,12-9-15-5-2-1-3-6-15)19-13-17(16-8-11-23-14-16)18-7-4-10-22-18/h1-12,14,17,19H,13H2/b12-9+. The van der Waals surface area contributed by atoms with Gasteiger partial charge >= 0.3 is 0 Å². The van der Waals surface area contributed by atoms with Gasteiger partial charge in [0, 0.05) is 12.0 Å². The second kappa shape index (κ2) is 7.61. The summed E-state index contributed by atoms with van der Waals surface area (Å²) in [6.45, 7) is 0.242. The number of rotatable bonds is 7. The Morgan fingerprint density at radius 1 is 1.12 bits per heavy atom. The molecule has 1 unspecified atom stereocenters. The van der Waals surface area contributed by atoms with Gasteiger partial charge in [-0.25, -0.2) is 13.1 Å². The van der Waals surface area contributed by atoms with E-state index in [9.17, 15) is 8.42 Å². The predicted octanol–water partition coefficient (Wildman–Crippen LogP) is 4.06. The Labute approximate surface area is 145 Å². The topological polar surface area (TPSA) is 59.3 Å². The summed E-state index contributed by atoms with van der Waals surface area (Å²) in [5, 5.41) is 5.16.